The van der Waals surface area contributed by atoms with E-state index in [1.807, 2.05) is 18.2 Å². The standard InChI is InChI=1S/C14H10BrIN2/c15-11-3-5-13-9(7-11)1-2-10-8-12(16)4-6-14(10)18-17-13/h3-8H,1-2H2. The molecule has 0 N–H and O–H groups in total. The Morgan fingerprint density at radius 3 is 2.22 bits per heavy atom. The van der Waals surface area contributed by atoms with Crippen molar-refractivity contribution in [2.45, 2.75) is 12.8 Å². The monoisotopic (exact) mass is 412 g/mol. The van der Waals surface area contributed by atoms with Gasteiger partial charge < -0.3 is 0 Å². The van der Waals surface area contributed by atoms with E-state index in [4.69, 9.17) is 0 Å². The van der Waals surface area contributed by atoms with Gasteiger partial charge in [-0.15, -0.1) is 0 Å². The molecule has 0 unspecified atom stereocenters. The highest BCUT2D eigenvalue weighted by atomic mass is 127. The van der Waals surface area contributed by atoms with Crippen LogP contribution in [0.25, 0.3) is 0 Å². The van der Waals surface area contributed by atoms with Gasteiger partial charge in [0.15, 0.2) is 0 Å². The van der Waals surface area contributed by atoms with Gasteiger partial charge in [-0.1, -0.05) is 15.9 Å². The molecule has 18 heavy (non-hydrogen) atoms. The fourth-order valence-electron chi connectivity index (χ4n) is 2.08. The number of azo groups is 1. The molecule has 0 spiro atoms. The van der Waals surface area contributed by atoms with Gasteiger partial charge in [0, 0.05) is 8.04 Å². The SMILES string of the molecule is Brc1ccc2c(c1)CCc1cc(I)ccc1N=N2. The van der Waals surface area contributed by atoms with Crippen LogP contribution < -0.4 is 0 Å². The average Bonchev–Trinajstić information content (AvgIpc) is 2.34. The van der Waals surface area contributed by atoms with Gasteiger partial charge in [-0.3, -0.25) is 0 Å². The summed E-state index contributed by atoms with van der Waals surface area (Å²) in [5.74, 6) is 0. The van der Waals surface area contributed by atoms with Crippen molar-refractivity contribution in [2.75, 3.05) is 0 Å². The summed E-state index contributed by atoms with van der Waals surface area (Å²) >= 11 is 5.84. The summed E-state index contributed by atoms with van der Waals surface area (Å²) in [6, 6.07) is 12.5. The molecule has 0 aromatic heterocycles. The van der Waals surface area contributed by atoms with Crippen LogP contribution in [0, 0.1) is 3.57 Å². The van der Waals surface area contributed by atoms with Gasteiger partial charge in [0.1, 0.15) is 0 Å². The number of aryl methyl sites for hydroxylation is 2. The molecule has 1 aliphatic rings. The Kier molecular flexibility index (Phi) is 3.48. The Morgan fingerprint density at radius 2 is 1.50 bits per heavy atom. The first-order chi connectivity index (χ1) is 8.72. The molecule has 2 aromatic rings. The van der Waals surface area contributed by atoms with Gasteiger partial charge in [-0.05, 0) is 83.0 Å². The fraction of sp³-hybridized carbons (Fsp3) is 0.143. The lowest BCUT2D eigenvalue weighted by molar-refractivity contribution is 0.933. The molecule has 3 rings (SSSR count). The highest BCUT2D eigenvalue weighted by Crippen LogP contribution is 2.32. The zero-order chi connectivity index (χ0) is 12.5. The summed E-state index contributed by atoms with van der Waals surface area (Å²) in [5, 5.41) is 8.73. The molecule has 1 heterocycles. The second-order valence-corrected chi connectivity index (χ2v) is 6.41. The molecule has 0 bridgehead atoms. The number of hydrogen-bond acceptors (Lipinski definition) is 2. The van der Waals surface area contributed by atoms with E-state index >= 15 is 0 Å². The van der Waals surface area contributed by atoms with Crippen LogP contribution in [0.15, 0.2) is 51.1 Å². The quantitative estimate of drug-likeness (QED) is 0.505. The summed E-state index contributed by atoms with van der Waals surface area (Å²) in [6.07, 6.45) is 2.01. The Morgan fingerprint density at radius 1 is 0.889 bits per heavy atom. The van der Waals surface area contributed by atoms with Crippen LogP contribution in [0.3, 0.4) is 0 Å². The summed E-state index contributed by atoms with van der Waals surface area (Å²) in [5.41, 5.74) is 4.49. The van der Waals surface area contributed by atoms with Gasteiger partial charge in [0.05, 0.1) is 11.4 Å². The van der Waals surface area contributed by atoms with E-state index in [-0.39, 0.29) is 0 Å². The van der Waals surface area contributed by atoms with Crippen molar-refractivity contribution < 1.29 is 0 Å². The smallest absolute Gasteiger partial charge is 0.0889 e. The van der Waals surface area contributed by atoms with Crippen LogP contribution in [0.2, 0.25) is 0 Å². The van der Waals surface area contributed by atoms with Crippen molar-refractivity contribution in [1.29, 1.82) is 0 Å². The van der Waals surface area contributed by atoms with E-state index in [1.54, 1.807) is 0 Å². The topological polar surface area (TPSA) is 24.7 Å². The lowest BCUT2D eigenvalue weighted by atomic mass is 10.0. The van der Waals surface area contributed by atoms with Crippen molar-refractivity contribution in [3.05, 3.63) is 55.6 Å². The van der Waals surface area contributed by atoms with Gasteiger partial charge in [-0.2, -0.15) is 10.2 Å². The van der Waals surface area contributed by atoms with Crippen LogP contribution in [0.5, 0.6) is 0 Å². The molecule has 0 fully saturated rings. The third-order valence-corrected chi connectivity index (χ3v) is 4.18. The molecular formula is C14H10BrIN2. The lowest BCUT2D eigenvalue weighted by Gasteiger charge is -2.11. The van der Waals surface area contributed by atoms with Gasteiger partial charge in [0.2, 0.25) is 0 Å². The maximum Gasteiger partial charge on any atom is 0.0889 e. The predicted octanol–water partition coefficient (Wildman–Crippen LogP) is 5.57. The Hall–Kier alpha value is -0.750. The fourth-order valence-corrected chi connectivity index (χ4v) is 3.05. The summed E-state index contributed by atoms with van der Waals surface area (Å²) in [4.78, 5) is 0. The van der Waals surface area contributed by atoms with E-state index in [0.29, 0.717) is 0 Å². The molecule has 90 valence electrons. The normalized spacial score (nSPS) is 13.4. The molecule has 0 atom stereocenters. The molecule has 2 aromatic carbocycles. The summed E-state index contributed by atoms with van der Waals surface area (Å²) in [6.45, 7) is 0. The number of benzene rings is 2. The number of rotatable bonds is 0. The van der Waals surface area contributed by atoms with E-state index in [9.17, 15) is 0 Å². The zero-order valence-corrected chi connectivity index (χ0v) is 13.3. The van der Waals surface area contributed by atoms with Crippen molar-refractivity contribution in [1.82, 2.24) is 0 Å². The second-order valence-electron chi connectivity index (χ2n) is 4.25. The predicted molar refractivity (Wildman–Crippen MR) is 84.9 cm³/mol. The Balaban J connectivity index is 2.08. The highest BCUT2D eigenvalue weighted by molar-refractivity contribution is 14.1. The number of halogens is 2. The van der Waals surface area contributed by atoms with E-state index < -0.39 is 0 Å². The molecular weight excluding hydrogens is 403 g/mol. The first-order valence-electron chi connectivity index (χ1n) is 5.71. The van der Waals surface area contributed by atoms with E-state index in [0.717, 1.165) is 28.7 Å². The molecule has 0 radical (unpaired) electrons. The first kappa shape index (κ1) is 12.3. The van der Waals surface area contributed by atoms with Gasteiger partial charge >= 0.3 is 0 Å². The molecule has 0 amide bonds. The van der Waals surface area contributed by atoms with Crippen LogP contribution in [-0.2, 0) is 12.8 Å². The van der Waals surface area contributed by atoms with E-state index in [2.05, 4.69) is 66.9 Å². The van der Waals surface area contributed by atoms with Crippen LogP contribution in [0.1, 0.15) is 11.1 Å². The summed E-state index contributed by atoms with van der Waals surface area (Å²) in [7, 11) is 0. The molecule has 0 saturated heterocycles. The molecule has 0 aliphatic carbocycles. The third-order valence-electron chi connectivity index (χ3n) is 3.01. The largest absolute Gasteiger partial charge is 0.150 e. The van der Waals surface area contributed by atoms with Gasteiger partial charge in [0.25, 0.3) is 0 Å². The Bertz CT molecular complexity index is 582. The minimum atomic E-state index is 0.974. The second kappa shape index (κ2) is 5.09. The maximum absolute atomic E-state index is 4.37. The van der Waals surface area contributed by atoms with Crippen LogP contribution >= 0.6 is 38.5 Å². The van der Waals surface area contributed by atoms with Crippen LogP contribution in [0.4, 0.5) is 11.4 Å². The lowest BCUT2D eigenvalue weighted by Crippen LogP contribution is -1.95. The molecule has 0 saturated carbocycles. The van der Waals surface area contributed by atoms with Crippen molar-refractivity contribution in [3.63, 3.8) is 0 Å². The molecule has 2 nitrogen and oxygen atoms in total. The Labute approximate surface area is 128 Å². The molecule has 1 aliphatic heterocycles. The van der Waals surface area contributed by atoms with Crippen molar-refractivity contribution >= 4 is 49.9 Å². The summed E-state index contributed by atoms with van der Waals surface area (Å²) < 4.78 is 2.34. The minimum absolute atomic E-state index is 0.974. The van der Waals surface area contributed by atoms with Gasteiger partial charge in [-0.25, -0.2) is 0 Å². The number of fused-ring (bicyclic) bond motifs is 2. The maximum atomic E-state index is 4.37. The minimum Gasteiger partial charge on any atom is -0.150 e. The van der Waals surface area contributed by atoms with E-state index in [1.165, 1.54) is 14.7 Å². The molecule has 4 heteroatoms. The zero-order valence-electron chi connectivity index (χ0n) is 9.53. The average molecular weight is 413 g/mol. The first-order valence-corrected chi connectivity index (χ1v) is 7.58. The van der Waals surface area contributed by atoms with Crippen molar-refractivity contribution in [3.8, 4) is 0 Å². The highest BCUT2D eigenvalue weighted by Gasteiger charge is 2.10. The number of hydrogen-bond donors (Lipinski definition) is 0. The van der Waals surface area contributed by atoms with Crippen molar-refractivity contribution in [2.24, 2.45) is 10.2 Å². The third kappa shape index (κ3) is 2.49. The van der Waals surface area contributed by atoms with Crippen LogP contribution in [-0.4, -0.2) is 0 Å². The number of nitrogens with zero attached hydrogens (tertiary/aromatic N) is 2.